The Morgan fingerprint density at radius 1 is 0.966 bits per heavy atom. The topological polar surface area (TPSA) is 74.2 Å². The van der Waals surface area contributed by atoms with Gasteiger partial charge in [-0.15, -0.1) is 0 Å². The van der Waals surface area contributed by atoms with E-state index in [0.29, 0.717) is 18.1 Å². The third kappa shape index (κ3) is 4.68. The Labute approximate surface area is 170 Å². The van der Waals surface area contributed by atoms with Crippen LogP contribution in [0, 0.1) is 6.92 Å². The van der Waals surface area contributed by atoms with E-state index in [4.69, 9.17) is 0 Å². The Kier molecular flexibility index (Phi) is 5.65. The summed E-state index contributed by atoms with van der Waals surface area (Å²) in [6.07, 6.45) is 4.88. The van der Waals surface area contributed by atoms with Crippen molar-refractivity contribution in [3.05, 3.63) is 77.9 Å². The minimum atomic E-state index is -0.202. The highest BCUT2D eigenvalue weighted by molar-refractivity contribution is 5.93. The van der Waals surface area contributed by atoms with Gasteiger partial charge in [-0.2, -0.15) is 0 Å². The smallest absolute Gasteiger partial charge is 0.254 e. The van der Waals surface area contributed by atoms with E-state index < -0.39 is 0 Å². The second-order valence-corrected chi connectivity index (χ2v) is 7.09. The number of hydrogen-bond donors (Lipinski definition) is 1. The molecule has 0 radical (unpaired) electrons. The average molecular weight is 388 g/mol. The fraction of sp³-hybridized carbons (Fsp3) is 0.273. The van der Waals surface area contributed by atoms with Gasteiger partial charge in [0.25, 0.3) is 5.91 Å². The van der Waals surface area contributed by atoms with Gasteiger partial charge < -0.3 is 15.1 Å². The molecule has 7 heteroatoms. The normalized spacial score (nSPS) is 14.0. The summed E-state index contributed by atoms with van der Waals surface area (Å²) < 4.78 is 0. The number of pyridine rings is 1. The summed E-state index contributed by atoms with van der Waals surface area (Å²) in [6.45, 7) is 6.01. The number of aromatic nitrogens is 3. The van der Waals surface area contributed by atoms with E-state index in [0.717, 1.165) is 31.9 Å². The van der Waals surface area contributed by atoms with Crippen molar-refractivity contribution in [2.24, 2.45) is 0 Å². The first-order valence-corrected chi connectivity index (χ1v) is 9.76. The summed E-state index contributed by atoms with van der Waals surface area (Å²) in [4.78, 5) is 29.8. The number of anilines is 2. The fourth-order valence-electron chi connectivity index (χ4n) is 3.37. The molecular formula is C22H24N6O. The molecule has 3 heterocycles. The lowest BCUT2D eigenvalue weighted by molar-refractivity contribution is 0.0949. The van der Waals surface area contributed by atoms with E-state index in [1.807, 2.05) is 18.2 Å². The number of carbonyl (C=O) groups is 1. The van der Waals surface area contributed by atoms with Crippen LogP contribution in [0.3, 0.4) is 0 Å². The largest absolute Gasteiger partial charge is 0.368 e. The third-order valence-corrected chi connectivity index (χ3v) is 4.99. The van der Waals surface area contributed by atoms with E-state index in [9.17, 15) is 4.79 Å². The molecule has 0 atom stereocenters. The number of nitrogens with zero attached hydrogens (tertiary/aromatic N) is 5. The van der Waals surface area contributed by atoms with Gasteiger partial charge in [0.1, 0.15) is 0 Å². The Balaban J connectivity index is 1.32. The van der Waals surface area contributed by atoms with Gasteiger partial charge in [0.15, 0.2) is 0 Å². The number of benzene rings is 1. The minimum Gasteiger partial charge on any atom is -0.368 e. The molecule has 0 saturated carbocycles. The molecule has 4 rings (SSSR count). The standard InChI is InChI=1S/C22H24N6O/c1-17-5-4-7-20(13-17)27-9-11-28(12-10-27)22-25-14-18(15-26-22)21(29)24-16-19-6-2-3-8-23-19/h2-8,13-15H,9-12,16H2,1H3,(H,24,29). The Bertz CT molecular complexity index is 953. The van der Waals surface area contributed by atoms with Crippen molar-refractivity contribution < 1.29 is 4.79 Å². The van der Waals surface area contributed by atoms with Crippen LogP contribution in [-0.2, 0) is 6.54 Å². The molecule has 1 aliphatic heterocycles. The summed E-state index contributed by atoms with van der Waals surface area (Å²) in [6, 6.07) is 14.2. The minimum absolute atomic E-state index is 0.202. The van der Waals surface area contributed by atoms with Crippen molar-refractivity contribution in [3.8, 4) is 0 Å². The summed E-state index contributed by atoms with van der Waals surface area (Å²) in [7, 11) is 0. The van der Waals surface area contributed by atoms with Gasteiger partial charge in [0.05, 0.1) is 17.8 Å². The first kappa shape index (κ1) is 18.9. The third-order valence-electron chi connectivity index (χ3n) is 4.99. The van der Waals surface area contributed by atoms with Gasteiger partial charge in [-0.1, -0.05) is 18.2 Å². The summed E-state index contributed by atoms with van der Waals surface area (Å²) >= 11 is 0. The molecule has 1 N–H and O–H groups in total. The second kappa shape index (κ2) is 8.68. The zero-order valence-electron chi connectivity index (χ0n) is 16.5. The van der Waals surface area contributed by atoms with Crippen molar-refractivity contribution in [2.75, 3.05) is 36.0 Å². The highest BCUT2D eigenvalue weighted by atomic mass is 16.1. The molecule has 1 fully saturated rings. The molecule has 0 unspecified atom stereocenters. The molecule has 1 aromatic carbocycles. The molecule has 1 saturated heterocycles. The molecule has 0 aliphatic carbocycles. The van der Waals surface area contributed by atoms with Crippen molar-refractivity contribution in [2.45, 2.75) is 13.5 Å². The monoisotopic (exact) mass is 388 g/mol. The summed E-state index contributed by atoms with van der Waals surface area (Å²) in [5, 5.41) is 2.84. The van der Waals surface area contributed by atoms with Crippen molar-refractivity contribution >= 4 is 17.5 Å². The van der Waals surface area contributed by atoms with Crippen LogP contribution in [0.1, 0.15) is 21.6 Å². The van der Waals surface area contributed by atoms with Crippen molar-refractivity contribution in [1.82, 2.24) is 20.3 Å². The zero-order chi connectivity index (χ0) is 20.1. The lowest BCUT2D eigenvalue weighted by Crippen LogP contribution is -2.47. The quantitative estimate of drug-likeness (QED) is 0.724. The zero-order valence-corrected chi connectivity index (χ0v) is 16.5. The number of hydrogen-bond acceptors (Lipinski definition) is 6. The van der Waals surface area contributed by atoms with Crippen LogP contribution >= 0.6 is 0 Å². The number of rotatable bonds is 5. The van der Waals surface area contributed by atoms with E-state index in [1.54, 1.807) is 18.6 Å². The Morgan fingerprint density at radius 3 is 2.41 bits per heavy atom. The fourth-order valence-corrected chi connectivity index (χ4v) is 3.37. The second-order valence-electron chi connectivity index (χ2n) is 7.09. The molecule has 2 aromatic heterocycles. The van der Waals surface area contributed by atoms with Gasteiger partial charge in [-0.3, -0.25) is 9.78 Å². The van der Waals surface area contributed by atoms with Crippen LogP contribution in [0.2, 0.25) is 0 Å². The lowest BCUT2D eigenvalue weighted by atomic mass is 10.2. The maximum Gasteiger partial charge on any atom is 0.254 e. The molecular weight excluding hydrogens is 364 g/mol. The summed E-state index contributed by atoms with van der Waals surface area (Å²) in [5.41, 5.74) is 3.78. The number of amides is 1. The summed E-state index contributed by atoms with van der Waals surface area (Å²) in [5.74, 6) is 0.460. The molecule has 29 heavy (non-hydrogen) atoms. The maximum atomic E-state index is 12.3. The number of piperazine rings is 1. The predicted molar refractivity (Wildman–Crippen MR) is 113 cm³/mol. The first-order chi connectivity index (χ1) is 14.2. The van der Waals surface area contributed by atoms with Gasteiger partial charge in [-0.25, -0.2) is 9.97 Å². The predicted octanol–water partition coefficient (Wildman–Crippen LogP) is 2.44. The molecule has 148 valence electrons. The Morgan fingerprint density at radius 2 is 1.72 bits per heavy atom. The van der Waals surface area contributed by atoms with Gasteiger partial charge in [0.2, 0.25) is 5.95 Å². The van der Waals surface area contributed by atoms with Gasteiger partial charge in [0, 0.05) is 50.5 Å². The SMILES string of the molecule is Cc1cccc(N2CCN(c3ncc(C(=O)NCc4ccccn4)cn3)CC2)c1. The molecule has 7 nitrogen and oxygen atoms in total. The van der Waals surface area contributed by atoms with E-state index in [-0.39, 0.29) is 5.91 Å². The molecule has 0 spiro atoms. The number of aryl methyl sites for hydroxylation is 1. The Hall–Kier alpha value is -3.48. The van der Waals surface area contributed by atoms with Crippen LogP contribution in [0.4, 0.5) is 11.6 Å². The van der Waals surface area contributed by atoms with E-state index >= 15 is 0 Å². The molecule has 0 bridgehead atoms. The highest BCUT2D eigenvalue weighted by Gasteiger charge is 2.19. The van der Waals surface area contributed by atoms with Crippen LogP contribution in [0.15, 0.2) is 61.1 Å². The van der Waals surface area contributed by atoms with Crippen LogP contribution in [-0.4, -0.2) is 47.0 Å². The highest BCUT2D eigenvalue weighted by Crippen LogP contribution is 2.19. The van der Waals surface area contributed by atoms with Gasteiger partial charge in [-0.05, 0) is 36.8 Å². The maximum absolute atomic E-state index is 12.3. The van der Waals surface area contributed by atoms with Crippen molar-refractivity contribution in [3.63, 3.8) is 0 Å². The number of carbonyl (C=O) groups excluding carboxylic acids is 1. The lowest BCUT2D eigenvalue weighted by Gasteiger charge is -2.36. The first-order valence-electron chi connectivity index (χ1n) is 9.76. The molecule has 3 aromatic rings. The van der Waals surface area contributed by atoms with E-state index in [1.165, 1.54) is 11.3 Å². The van der Waals surface area contributed by atoms with Crippen LogP contribution in [0.25, 0.3) is 0 Å². The average Bonchev–Trinajstić information content (AvgIpc) is 2.78. The van der Waals surface area contributed by atoms with E-state index in [2.05, 4.69) is 61.3 Å². The van der Waals surface area contributed by atoms with Crippen molar-refractivity contribution in [1.29, 1.82) is 0 Å². The number of nitrogens with one attached hydrogen (secondary N) is 1. The van der Waals surface area contributed by atoms with Crippen LogP contribution in [0.5, 0.6) is 0 Å². The van der Waals surface area contributed by atoms with Gasteiger partial charge >= 0.3 is 0 Å². The molecule has 1 amide bonds. The van der Waals surface area contributed by atoms with Crippen LogP contribution < -0.4 is 15.1 Å². The molecule has 1 aliphatic rings.